The number of hydrogen-bond acceptors (Lipinski definition) is 2. The first-order valence-corrected chi connectivity index (χ1v) is 4.97. The zero-order chi connectivity index (χ0) is 10.0. The lowest BCUT2D eigenvalue weighted by molar-refractivity contribution is 0.101. The number of rotatable bonds is 2. The van der Waals surface area contributed by atoms with Gasteiger partial charge in [-0.3, -0.25) is 9.59 Å². The van der Waals surface area contributed by atoms with Gasteiger partial charge in [0.15, 0.2) is 12.1 Å². The Balaban J connectivity index is 3.44. The minimum absolute atomic E-state index is 0.135. The first-order chi connectivity index (χ1) is 6.07. The van der Waals surface area contributed by atoms with Crippen LogP contribution in [-0.4, -0.2) is 12.1 Å². The molecule has 0 saturated heterocycles. The Morgan fingerprint density at radius 1 is 1.54 bits per heavy atom. The minimum atomic E-state index is -0.135. The van der Waals surface area contributed by atoms with Crippen molar-refractivity contribution in [2.75, 3.05) is 0 Å². The molecule has 0 fully saturated rings. The van der Waals surface area contributed by atoms with Crippen LogP contribution in [0.15, 0.2) is 12.1 Å². The number of halogens is 2. The fourth-order valence-corrected chi connectivity index (χ4v) is 2.03. The van der Waals surface area contributed by atoms with E-state index in [-0.39, 0.29) is 10.8 Å². The molecule has 1 rings (SSSR count). The van der Waals surface area contributed by atoms with E-state index in [1.54, 1.807) is 12.1 Å². The van der Waals surface area contributed by atoms with Crippen molar-refractivity contribution < 1.29 is 9.59 Å². The summed E-state index contributed by atoms with van der Waals surface area (Å²) in [5.74, 6) is -0.135. The summed E-state index contributed by atoms with van der Waals surface area (Å²) in [4.78, 5) is 21.7. The van der Waals surface area contributed by atoms with E-state index in [9.17, 15) is 9.59 Å². The summed E-state index contributed by atoms with van der Waals surface area (Å²) < 4.78 is 0.752. The molecular weight excluding hydrogens is 302 g/mol. The first-order valence-electron chi connectivity index (χ1n) is 3.52. The lowest BCUT2D eigenvalue weighted by Gasteiger charge is -2.03. The van der Waals surface area contributed by atoms with Gasteiger partial charge in [0.1, 0.15) is 0 Å². The summed E-state index contributed by atoms with van der Waals surface area (Å²) in [6, 6.07) is 3.33. The van der Waals surface area contributed by atoms with E-state index in [0.29, 0.717) is 17.4 Å². The van der Waals surface area contributed by atoms with E-state index in [4.69, 9.17) is 11.6 Å². The summed E-state index contributed by atoms with van der Waals surface area (Å²) >= 11 is 7.85. The van der Waals surface area contributed by atoms with Crippen LogP contribution in [0.3, 0.4) is 0 Å². The molecule has 0 spiro atoms. The van der Waals surface area contributed by atoms with Crippen molar-refractivity contribution in [2.45, 2.75) is 6.92 Å². The Kier molecular flexibility index (Phi) is 3.44. The van der Waals surface area contributed by atoms with Crippen molar-refractivity contribution >= 4 is 46.3 Å². The van der Waals surface area contributed by atoms with Gasteiger partial charge in [-0.2, -0.15) is 0 Å². The smallest absolute Gasteiger partial charge is 0.161 e. The summed E-state index contributed by atoms with van der Waals surface area (Å²) in [5, 5.41) is 0.245. The van der Waals surface area contributed by atoms with Crippen molar-refractivity contribution in [1.29, 1.82) is 0 Å². The zero-order valence-electron chi connectivity index (χ0n) is 6.80. The molecule has 0 aliphatic heterocycles. The van der Waals surface area contributed by atoms with Crippen molar-refractivity contribution in [1.82, 2.24) is 0 Å². The molecule has 2 nitrogen and oxygen atoms in total. The lowest BCUT2D eigenvalue weighted by Crippen LogP contribution is -1.98. The van der Waals surface area contributed by atoms with Gasteiger partial charge in [0, 0.05) is 14.7 Å². The highest BCUT2D eigenvalue weighted by atomic mass is 127. The number of ketones is 1. The number of carbonyl (C=O) groups excluding carboxylic acids is 2. The second-order valence-corrected chi connectivity index (χ2v) is 4.04. The van der Waals surface area contributed by atoms with E-state index in [2.05, 4.69) is 0 Å². The van der Waals surface area contributed by atoms with Gasteiger partial charge in [0.05, 0.1) is 5.02 Å². The molecule has 0 bridgehead atoms. The van der Waals surface area contributed by atoms with E-state index in [1.165, 1.54) is 6.92 Å². The maximum absolute atomic E-state index is 11.0. The molecule has 0 saturated carbocycles. The van der Waals surface area contributed by atoms with Gasteiger partial charge in [0.25, 0.3) is 0 Å². The summed E-state index contributed by atoms with van der Waals surface area (Å²) in [6.07, 6.45) is 0.663. The molecule has 1 aromatic rings. The highest BCUT2D eigenvalue weighted by Gasteiger charge is 2.11. The number of Topliss-reactive ketones (excluding diaryl/α,β-unsaturated/α-hetero) is 1. The molecule has 68 valence electrons. The lowest BCUT2D eigenvalue weighted by atomic mass is 10.1. The van der Waals surface area contributed by atoms with Crippen molar-refractivity contribution in [3.63, 3.8) is 0 Å². The molecule has 0 aliphatic carbocycles. The highest BCUT2D eigenvalue weighted by Crippen LogP contribution is 2.24. The van der Waals surface area contributed by atoms with Crippen LogP contribution in [0.25, 0.3) is 0 Å². The minimum Gasteiger partial charge on any atom is -0.298 e. The highest BCUT2D eigenvalue weighted by molar-refractivity contribution is 14.1. The fraction of sp³-hybridized carbons (Fsp3) is 0.111. The summed E-state index contributed by atoms with van der Waals surface area (Å²) in [6.45, 7) is 1.42. The third-order valence-electron chi connectivity index (χ3n) is 1.62. The number of benzene rings is 1. The number of carbonyl (C=O) groups is 2. The molecule has 0 aromatic heterocycles. The van der Waals surface area contributed by atoms with Gasteiger partial charge in [-0.15, -0.1) is 0 Å². The quantitative estimate of drug-likeness (QED) is 0.478. The monoisotopic (exact) mass is 308 g/mol. The van der Waals surface area contributed by atoms with Crippen LogP contribution < -0.4 is 0 Å². The second kappa shape index (κ2) is 4.19. The summed E-state index contributed by atoms with van der Waals surface area (Å²) in [7, 11) is 0. The van der Waals surface area contributed by atoms with E-state index in [0.717, 1.165) is 3.57 Å². The van der Waals surface area contributed by atoms with E-state index in [1.807, 2.05) is 22.6 Å². The zero-order valence-corrected chi connectivity index (χ0v) is 9.72. The van der Waals surface area contributed by atoms with Crippen molar-refractivity contribution in [3.05, 3.63) is 31.9 Å². The average Bonchev–Trinajstić information content (AvgIpc) is 2.04. The average molecular weight is 309 g/mol. The topological polar surface area (TPSA) is 34.1 Å². The van der Waals surface area contributed by atoms with Crippen LogP contribution in [0.4, 0.5) is 0 Å². The molecule has 0 aliphatic rings. The Morgan fingerprint density at radius 3 is 2.62 bits per heavy atom. The SMILES string of the molecule is CC(=O)c1ccc(I)c(C=O)c1Cl. The van der Waals surface area contributed by atoms with Crippen LogP contribution in [0.2, 0.25) is 5.02 Å². The van der Waals surface area contributed by atoms with Gasteiger partial charge in [-0.25, -0.2) is 0 Å². The maximum Gasteiger partial charge on any atom is 0.161 e. The number of aldehydes is 1. The molecule has 0 N–H and O–H groups in total. The van der Waals surface area contributed by atoms with Crippen molar-refractivity contribution in [2.24, 2.45) is 0 Å². The molecule has 0 heterocycles. The third-order valence-corrected chi connectivity index (χ3v) is 2.97. The molecule has 1 aromatic carbocycles. The van der Waals surface area contributed by atoms with E-state index < -0.39 is 0 Å². The second-order valence-electron chi connectivity index (χ2n) is 2.50. The molecule has 0 radical (unpaired) electrons. The van der Waals surface area contributed by atoms with Gasteiger partial charge < -0.3 is 0 Å². The van der Waals surface area contributed by atoms with E-state index >= 15 is 0 Å². The third kappa shape index (κ3) is 2.08. The van der Waals surface area contributed by atoms with Gasteiger partial charge in [-0.05, 0) is 41.6 Å². The standard InChI is InChI=1S/C9H6ClIO2/c1-5(13)6-2-3-8(11)7(4-12)9(6)10/h2-4H,1H3. The van der Waals surface area contributed by atoms with Crippen LogP contribution >= 0.6 is 34.2 Å². The molecule has 13 heavy (non-hydrogen) atoms. The first kappa shape index (κ1) is 10.7. The van der Waals surface area contributed by atoms with Crippen LogP contribution in [0.5, 0.6) is 0 Å². The number of hydrogen-bond donors (Lipinski definition) is 0. The molecule has 4 heteroatoms. The summed E-state index contributed by atoms with van der Waals surface area (Å²) in [5.41, 5.74) is 0.777. The van der Waals surface area contributed by atoms with Gasteiger partial charge >= 0.3 is 0 Å². The van der Waals surface area contributed by atoms with Crippen LogP contribution in [0, 0.1) is 3.57 Å². The van der Waals surface area contributed by atoms with Gasteiger partial charge in [-0.1, -0.05) is 11.6 Å². The maximum atomic E-state index is 11.0. The van der Waals surface area contributed by atoms with Gasteiger partial charge in [0.2, 0.25) is 0 Å². The van der Waals surface area contributed by atoms with Crippen LogP contribution in [-0.2, 0) is 0 Å². The van der Waals surface area contributed by atoms with Crippen LogP contribution in [0.1, 0.15) is 27.6 Å². The largest absolute Gasteiger partial charge is 0.298 e. The van der Waals surface area contributed by atoms with Crippen molar-refractivity contribution in [3.8, 4) is 0 Å². The fourth-order valence-electron chi connectivity index (χ4n) is 0.949. The molecular formula is C9H6ClIO2. The Hall–Kier alpha value is -0.420. The predicted molar refractivity (Wildman–Crippen MR) is 59.6 cm³/mol. The Bertz CT molecular complexity index is 374. The Morgan fingerprint density at radius 2 is 2.15 bits per heavy atom. The predicted octanol–water partition coefficient (Wildman–Crippen LogP) is 2.96. The molecule has 0 atom stereocenters. The molecule has 0 unspecified atom stereocenters. The Labute approximate surface area is 94.4 Å². The normalized spacial score (nSPS) is 9.77. The molecule has 0 amide bonds.